The van der Waals surface area contributed by atoms with E-state index in [1.807, 2.05) is 50.2 Å². The first-order chi connectivity index (χ1) is 15.1. The number of hydrogen-bond acceptors (Lipinski definition) is 5. The van der Waals surface area contributed by atoms with Gasteiger partial charge in [0, 0.05) is 50.9 Å². The van der Waals surface area contributed by atoms with E-state index in [1.165, 1.54) is 0 Å². The zero-order valence-electron chi connectivity index (χ0n) is 19.3. The van der Waals surface area contributed by atoms with E-state index in [1.54, 1.807) is 0 Å². The topological polar surface area (TPSA) is 87.2 Å². The Kier molecular flexibility index (Phi) is 12.0. The summed E-state index contributed by atoms with van der Waals surface area (Å²) < 4.78 is 11.1. The second-order valence-electron chi connectivity index (χ2n) is 8.04. The van der Waals surface area contributed by atoms with Crippen LogP contribution in [0.15, 0.2) is 29.3 Å². The number of likely N-dealkylation sites (N-methyl/N-ethyl adjacent to an activating group) is 1. The van der Waals surface area contributed by atoms with Gasteiger partial charge in [0.05, 0.1) is 19.8 Å². The SMILES string of the molecule is CCNC(=NCc1cccc(C(=O)NCCN(C)C)c1)NCCCOCC1CCOC1. The number of hydrogen-bond donors (Lipinski definition) is 3. The van der Waals surface area contributed by atoms with Gasteiger partial charge in [-0.25, -0.2) is 4.99 Å². The van der Waals surface area contributed by atoms with Crippen LogP contribution in [-0.4, -0.2) is 83.5 Å². The summed E-state index contributed by atoms with van der Waals surface area (Å²) in [6, 6.07) is 7.63. The summed E-state index contributed by atoms with van der Waals surface area (Å²) in [5.74, 6) is 1.27. The minimum Gasteiger partial charge on any atom is -0.381 e. The van der Waals surface area contributed by atoms with Gasteiger partial charge in [0.25, 0.3) is 5.91 Å². The van der Waals surface area contributed by atoms with Crippen LogP contribution in [0.5, 0.6) is 0 Å². The lowest BCUT2D eigenvalue weighted by Crippen LogP contribution is -2.38. The minimum atomic E-state index is -0.0538. The van der Waals surface area contributed by atoms with E-state index in [0.29, 0.717) is 24.6 Å². The molecule has 1 unspecified atom stereocenters. The van der Waals surface area contributed by atoms with Crippen LogP contribution in [0, 0.1) is 5.92 Å². The summed E-state index contributed by atoms with van der Waals surface area (Å²) in [6.07, 6.45) is 2.02. The highest BCUT2D eigenvalue weighted by atomic mass is 16.5. The first-order valence-electron chi connectivity index (χ1n) is 11.3. The summed E-state index contributed by atoms with van der Waals surface area (Å²) in [6.45, 7) is 8.78. The van der Waals surface area contributed by atoms with E-state index in [4.69, 9.17) is 9.47 Å². The number of aliphatic imine (C=N–C) groups is 1. The number of carbonyl (C=O) groups excluding carboxylic acids is 1. The molecule has 0 aliphatic carbocycles. The molecule has 3 N–H and O–H groups in total. The maximum absolute atomic E-state index is 12.3. The van der Waals surface area contributed by atoms with Gasteiger partial charge in [0.2, 0.25) is 0 Å². The predicted octanol–water partition coefficient (Wildman–Crippen LogP) is 1.48. The molecule has 1 amide bonds. The summed E-state index contributed by atoms with van der Waals surface area (Å²) in [4.78, 5) is 19.0. The van der Waals surface area contributed by atoms with Gasteiger partial charge >= 0.3 is 0 Å². The first kappa shape index (κ1) is 25.1. The van der Waals surface area contributed by atoms with Crippen LogP contribution >= 0.6 is 0 Å². The molecule has 0 radical (unpaired) electrons. The van der Waals surface area contributed by atoms with Crippen molar-refractivity contribution in [2.75, 3.05) is 66.7 Å². The molecular weight excluding hydrogens is 394 g/mol. The van der Waals surface area contributed by atoms with Crippen molar-refractivity contribution in [1.82, 2.24) is 20.9 Å². The molecule has 1 heterocycles. The third-order valence-electron chi connectivity index (χ3n) is 4.93. The molecule has 1 aliphatic rings. The summed E-state index contributed by atoms with van der Waals surface area (Å²) in [5.41, 5.74) is 1.66. The largest absolute Gasteiger partial charge is 0.381 e. The highest BCUT2D eigenvalue weighted by molar-refractivity contribution is 5.94. The number of amides is 1. The fourth-order valence-corrected chi connectivity index (χ4v) is 3.16. The van der Waals surface area contributed by atoms with E-state index in [-0.39, 0.29) is 5.91 Å². The average Bonchev–Trinajstić information content (AvgIpc) is 3.27. The third-order valence-corrected chi connectivity index (χ3v) is 4.93. The van der Waals surface area contributed by atoms with Crippen LogP contribution in [0.25, 0.3) is 0 Å². The fraction of sp³-hybridized carbons (Fsp3) is 0.652. The Morgan fingerprint density at radius 2 is 2.13 bits per heavy atom. The van der Waals surface area contributed by atoms with Crippen LogP contribution in [-0.2, 0) is 16.0 Å². The van der Waals surface area contributed by atoms with Crippen LogP contribution in [0.2, 0.25) is 0 Å². The van der Waals surface area contributed by atoms with E-state index in [2.05, 4.69) is 20.9 Å². The van der Waals surface area contributed by atoms with Crippen molar-refractivity contribution in [2.24, 2.45) is 10.9 Å². The summed E-state index contributed by atoms with van der Waals surface area (Å²) in [7, 11) is 3.97. The molecule has 31 heavy (non-hydrogen) atoms. The van der Waals surface area contributed by atoms with Crippen LogP contribution in [0.3, 0.4) is 0 Å². The van der Waals surface area contributed by atoms with Gasteiger partial charge < -0.3 is 30.3 Å². The number of guanidine groups is 1. The monoisotopic (exact) mass is 433 g/mol. The van der Waals surface area contributed by atoms with Crippen molar-refractivity contribution in [1.29, 1.82) is 0 Å². The lowest BCUT2D eigenvalue weighted by Gasteiger charge is -2.13. The molecular formula is C23H39N5O3. The van der Waals surface area contributed by atoms with Gasteiger partial charge in [0.1, 0.15) is 0 Å². The Morgan fingerprint density at radius 3 is 2.87 bits per heavy atom. The average molecular weight is 434 g/mol. The van der Waals surface area contributed by atoms with Gasteiger partial charge in [-0.2, -0.15) is 0 Å². The molecule has 2 rings (SSSR count). The minimum absolute atomic E-state index is 0.0538. The number of ether oxygens (including phenoxy) is 2. The standard InChI is InChI=1S/C23H39N5O3/c1-4-24-23(26-10-6-13-30-17-20-9-14-31-18-20)27-16-19-7-5-8-21(15-19)22(29)25-11-12-28(2)3/h5,7-8,15,20H,4,6,9-14,16-18H2,1-3H3,(H,25,29)(H2,24,26,27). The Labute approximate surface area is 186 Å². The second kappa shape index (κ2) is 14.8. The molecule has 1 fully saturated rings. The van der Waals surface area contributed by atoms with Crippen molar-refractivity contribution in [3.8, 4) is 0 Å². The molecule has 8 heteroatoms. The van der Waals surface area contributed by atoms with Crippen molar-refractivity contribution in [3.05, 3.63) is 35.4 Å². The molecule has 0 saturated carbocycles. The molecule has 1 aliphatic heterocycles. The maximum atomic E-state index is 12.3. The van der Waals surface area contributed by atoms with E-state index >= 15 is 0 Å². The van der Waals surface area contributed by atoms with Gasteiger partial charge in [0.15, 0.2) is 5.96 Å². The molecule has 0 aromatic heterocycles. The molecule has 174 valence electrons. The molecule has 1 aromatic carbocycles. The zero-order valence-corrected chi connectivity index (χ0v) is 19.3. The number of nitrogens with one attached hydrogen (secondary N) is 3. The van der Waals surface area contributed by atoms with Crippen LogP contribution < -0.4 is 16.0 Å². The lowest BCUT2D eigenvalue weighted by molar-refractivity contribution is 0.0888. The zero-order chi connectivity index (χ0) is 22.3. The second-order valence-corrected chi connectivity index (χ2v) is 8.04. The Morgan fingerprint density at radius 1 is 1.26 bits per heavy atom. The quantitative estimate of drug-likeness (QED) is 0.248. The number of rotatable bonds is 13. The van der Waals surface area contributed by atoms with Crippen LogP contribution in [0.4, 0.5) is 0 Å². The lowest BCUT2D eigenvalue weighted by atomic mass is 10.1. The molecule has 1 aromatic rings. The van der Waals surface area contributed by atoms with E-state index in [0.717, 1.165) is 70.4 Å². The predicted molar refractivity (Wildman–Crippen MR) is 125 cm³/mol. The van der Waals surface area contributed by atoms with Crippen molar-refractivity contribution in [3.63, 3.8) is 0 Å². The Bertz CT molecular complexity index is 675. The Balaban J connectivity index is 1.73. The number of carbonyl (C=O) groups is 1. The first-order valence-corrected chi connectivity index (χ1v) is 11.3. The number of benzene rings is 1. The highest BCUT2D eigenvalue weighted by Gasteiger charge is 2.15. The van der Waals surface area contributed by atoms with Gasteiger partial charge in [-0.15, -0.1) is 0 Å². The molecule has 0 bridgehead atoms. The molecule has 8 nitrogen and oxygen atoms in total. The smallest absolute Gasteiger partial charge is 0.251 e. The van der Waals surface area contributed by atoms with Crippen LogP contribution in [0.1, 0.15) is 35.7 Å². The highest BCUT2D eigenvalue weighted by Crippen LogP contribution is 2.12. The number of nitrogens with zero attached hydrogens (tertiary/aromatic N) is 2. The normalized spacial score (nSPS) is 16.5. The van der Waals surface area contributed by atoms with E-state index in [9.17, 15) is 4.79 Å². The molecule has 0 spiro atoms. The third kappa shape index (κ3) is 10.6. The summed E-state index contributed by atoms with van der Waals surface area (Å²) >= 11 is 0. The van der Waals surface area contributed by atoms with Gasteiger partial charge in [-0.3, -0.25) is 4.79 Å². The van der Waals surface area contributed by atoms with Gasteiger partial charge in [-0.05, 0) is 51.6 Å². The van der Waals surface area contributed by atoms with Gasteiger partial charge in [-0.1, -0.05) is 12.1 Å². The fourth-order valence-electron chi connectivity index (χ4n) is 3.16. The maximum Gasteiger partial charge on any atom is 0.251 e. The van der Waals surface area contributed by atoms with Crippen molar-refractivity contribution >= 4 is 11.9 Å². The Hall–Kier alpha value is -2.16. The summed E-state index contributed by atoms with van der Waals surface area (Å²) in [5, 5.41) is 9.55. The van der Waals surface area contributed by atoms with Crippen molar-refractivity contribution < 1.29 is 14.3 Å². The molecule has 1 saturated heterocycles. The van der Waals surface area contributed by atoms with E-state index < -0.39 is 0 Å². The molecule has 1 atom stereocenters. The van der Waals surface area contributed by atoms with Crippen molar-refractivity contribution in [2.45, 2.75) is 26.3 Å².